The molecule has 20 nitrogen and oxygen atoms in total. The molecular weight excluding hydrogens is 905 g/mol. The summed E-state index contributed by atoms with van der Waals surface area (Å²) < 4.78 is 11.0. The second kappa shape index (κ2) is 26.8. The number of Topliss-reactive ketones (excluding diaryl/α,β-unsaturated/α-hetero) is 1. The van der Waals surface area contributed by atoms with E-state index in [4.69, 9.17) is 9.47 Å². The maximum Gasteiger partial charge on any atom is 0.311 e. The number of likely N-dealkylation sites (N-methyl/N-ethyl adjacent to an activating group) is 3. The third kappa shape index (κ3) is 16.0. The number of nitrogens with one attached hydrogen (secondary N) is 5. The van der Waals surface area contributed by atoms with E-state index in [0.29, 0.717) is 17.7 Å². The molecule has 392 valence electrons. The predicted molar refractivity (Wildman–Crippen MR) is 261 cm³/mol. The summed E-state index contributed by atoms with van der Waals surface area (Å²) in [4.78, 5) is 142. The molecule has 0 radical (unpaired) electrons. The number of rotatable bonds is 9. The van der Waals surface area contributed by atoms with Gasteiger partial charge in [-0.1, -0.05) is 60.6 Å². The highest BCUT2D eigenvalue weighted by Crippen LogP contribution is 2.23. The second-order valence-electron chi connectivity index (χ2n) is 19.8. The van der Waals surface area contributed by atoms with E-state index >= 15 is 0 Å². The van der Waals surface area contributed by atoms with Gasteiger partial charge in [-0.25, -0.2) is 0 Å². The lowest BCUT2D eigenvalue weighted by Gasteiger charge is -2.37. The van der Waals surface area contributed by atoms with Gasteiger partial charge >= 0.3 is 5.97 Å². The lowest BCUT2D eigenvalue weighted by atomic mass is 9.83. The number of cyclic esters (lactones) is 1. The van der Waals surface area contributed by atoms with Gasteiger partial charge in [-0.15, -0.1) is 0 Å². The van der Waals surface area contributed by atoms with Crippen LogP contribution in [0.25, 0.3) is 0 Å². The molecule has 9 atom stereocenters. The molecule has 20 heteroatoms. The van der Waals surface area contributed by atoms with Crippen LogP contribution < -0.4 is 31.3 Å². The number of benzene rings is 1. The van der Waals surface area contributed by atoms with Crippen molar-refractivity contribution in [3.8, 4) is 5.75 Å². The minimum Gasteiger partial charge on any atom is -0.497 e. The number of ketones is 1. The standard InChI is InChI=1S/C50H80N8O12/c1-17-29(7)41-46(65)52-25-38(59)56(13)36(23-27(3)4)44(63)51-26-39(60)58(15)40(28(5)6)47(66)57(14)37(24-33-19-21-34(69-16)22-20-33)45(64)53-31(9)42(61)50(11,12)49(68)54-32(10)43(62)55-35(18-2)30(8)48(67)70-41/h19-22,27-32,35-37,40-41H,17-18,23-26H2,1-16H3,(H,51,63)(H,52,65)(H,53,64)(H,54,68)(H,55,62). The molecule has 0 aromatic heterocycles. The van der Waals surface area contributed by atoms with Crippen LogP contribution in [0.1, 0.15) is 108 Å². The van der Waals surface area contributed by atoms with E-state index in [9.17, 15) is 47.9 Å². The number of carbonyl (C=O) groups is 10. The number of amides is 8. The molecule has 0 bridgehead atoms. The summed E-state index contributed by atoms with van der Waals surface area (Å²) in [5.41, 5.74) is -1.16. The van der Waals surface area contributed by atoms with Crippen molar-refractivity contribution >= 4 is 59.0 Å². The van der Waals surface area contributed by atoms with Crippen LogP contribution >= 0.6 is 0 Å². The van der Waals surface area contributed by atoms with Crippen LogP contribution in [-0.4, -0.2) is 157 Å². The molecule has 8 amide bonds. The lowest BCUT2D eigenvalue weighted by molar-refractivity contribution is -0.163. The van der Waals surface area contributed by atoms with Crippen LogP contribution in [0.15, 0.2) is 24.3 Å². The van der Waals surface area contributed by atoms with Gasteiger partial charge < -0.3 is 50.8 Å². The van der Waals surface area contributed by atoms with Gasteiger partial charge in [0.2, 0.25) is 41.4 Å². The molecular formula is C50H80N8O12. The molecule has 1 aromatic rings. The fraction of sp³-hybridized carbons (Fsp3) is 0.680. The summed E-state index contributed by atoms with van der Waals surface area (Å²) in [7, 11) is 5.72. The topological polar surface area (TPSA) is 259 Å². The number of hydrogen-bond acceptors (Lipinski definition) is 12. The Labute approximate surface area is 413 Å². The molecule has 1 saturated heterocycles. The van der Waals surface area contributed by atoms with Crippen molar-refractivity contribution in [2.24, 2.45) is 29.1 Å². The Kier molecular flexibility index (Phi) is 23.0. The first-order chi connectivity index (χ1) is 32.5. The van der Waals surface area contributed by atoms with Gasteiger partial charge in [0.05, 0.1) is 32.2 Å². The molecule has 1 fully saturated rings. The molecule has 0 aliphatic carbocycles. The van der Waals surface area contributed by atoms with Crippen molar-refractivity contribution < 1.29 is 57.4 Å². The van der Waals surface area contributed by atoms with E-state index in [0.717, 1.165) is 0 Å². The van der Waals surface area contributed by atoms with Gasteiger partial charge in [0.15, 0.2) is 11.9 Å². The van der Waals surface area contributed by atoms with Crippen LogP contribution in [-0.2, 0) is 59.1 Å². The van der Waals surface area contributed by atoms with Crippen LogP contribution in [0.2, 0.25) is 0 Å². The molecule has 70 heavy (non-hydrogen) atoms. The smallest absolute Gasteiger partial charge is 0.311 e. The van der Waals surface area contributed by atoms with Crippen molar-refractivity contribution in [2.75, 3.05) is 41.3 Å². The van der Waals surface area contributed by atoms with Gasteiger partial charge in [0.1, 0.15) is 35.3 Å². The Morgan fingerprint density at radius 2 is 1.26 bits per heavy atom. The van der Waals surface area contributed by atoms with Crippen LogP contribution in [0.3, 0.4) is 0 Å². The normalized spacial score (nSPS) is 26.7. The van der Waals surface area contributed by atoms with E-state index < -0.39 is 138 Å². The molecule has 0 spiro atoms. The molecule has 2 rings (SSSR count). The zero-order valence-corrected chi connectivity index (χ0v) is 44.1. The maximum atomic E-state index is 14.6. The minimum atomic E-state index is -1.79. The van der Waals surface area contributed by atoms with E-state index in [2.05, 4.69) is 26.6 Å². The Balaban J connectivity index is 2.68. The van der Waals surface area contributed by atoms with Gasteiger partial charge in [-0.3, -0.25) is 47.9 Å². The first-order valence-corrected chi connectivity index (χ1v) is 24.2. The number of methoxy groups -OCH3 is 1. The monoisotopic (exact) mass is 985 g/mol. The first-order valence-electron chi connectivity index (χ1n) is 24.2. The Bertz CT molecular complexity index is 2040. The summed E-state index contributed by atoms with van der Waals surface area (Å²) in [5, 5.41) is 13.2. The summed E-state index contributed by atoms with van der Waals surface area (Å²) >= 11 is 0. The number of carbonyl (C=O) groups excluding carboxylic acids is 10. The van der Waals surface area contributed by atoms with E-state index in [1.165, 1.54) is 77.6 Å². The van der Waals surface area contributed by atoms with E-state index in [1.807, 2.05) is 13.8 Å². The summed E-state index contributed by atoms with van der Waals surface area (Å²) in [6.45, 7) is 18.3. The Hall–Kier alpha value is -6.08. The summed E-state index contributed by atoms with van der Waals surface area (Å²) in [6.07, 6.45) is -0.501. The number of ether oxygens (including phenoxy) is 2. The van der Waals surface area contributed by atoms with Crippen molar-refractivity contribution in [3.63, 3.8) is 0 Å². The summed E-state index contributed by atoms with van der Waals surface area (Å²) in [5.74, 6) is -8.57. The molecule has 9 unspecified atom stereocenters. The number of hydrogen-bond donors (Lipinski definition) is 5. The fourth-order valence-electron chi connectivity index (χ4n) is 8.06. The molecule has 1 aliphatic heterocycles. The molecule has 0 saturated carbocycles. The maximum absolute atomic E-state index is 14.6. The predicted octanol–water partition coefficient (Wildman–Crippen LogP) is 1.76. The van der Waals surface area contributed by atoms with E-state index in [1.54, 1.807) is 58.9 Å². The van der Waals surface area contributed by atoms with Gasteiger partial charge in [-0.05, 0) is 83.4 Å². The number of nitrogens with zero attached hydrogens (tertiary/aromatic N) is 3. The molecule has 1 aliphatic rings. The van der Waals surface area contributed by atoms with Gasteiger partial charge in [-0.2, -0.15) is 0 Å². The number of esters is 1. The highest BCUT2D eigenvalue weighted by Gasteiger charge is 2.43. The average molecular weight is 985 g/mol. The molecule has 5 N–H and O–H groups in total. The van der Waals surface area contributed by atoms with Gasteiger partial charge in [0, 0.05) is 39.5 Å². The first kappa shape index (κ1) is 60.0. The molecule has 1 aromatic carbocycles. The van der Waals surface area contributed by atoms with Crippen LogP contribution in [0, 0.1) is 29.1 Å². The van der Waals surface area contributed by atoms with Crippen LogP contribution in [0.5, 0.6) is 5.75 Å². The minimum absolute atomic E-state index is 0.0330. The second-order valence-corrected chi connectivity index (χ2v) is 19.8. The highest BCUT2D eigenvalue weighted by atomic mass is 16.5. The molecule has 1 heterocycles. The lowest BCUT2D eigenvalue weighted by Crippen LogP contribution is -2.60. The highest BCUT2D eigenvalue weighted by molar-refractivity contribution is 6.09. The van der Waals surface area contributed by atoms with Crippen molar-refractivity contribution in [1.29, 1.82) is 0 Å². The third-order valence-corrected chi connectivity index (χ3v) is 13.2. The summed E-state index contributed by atoms with van der Waals surface area (Å²) in [6, 6.07) is 0.0574. The van der Waals surface area contributed by atoms with Gasteiger partial charge in [0.25, 0.3) is 5.91 Å². The van der Waals surface area contributed by atoms with Crippen molar-refractivity contribution in [3.05, 3.63) is 29.8 Å². The Morgan fingerprint density at radius 3 is 1.77 bits per heavy atom. The van der Waals surface area contributed by atoms with Crippen LogP contribution in [0.4, 0.5) is 0 Å². The average Bonchev–Trinajstić information content (AvgIpc) is 3.31. The zero-order chi connectivity index (χ0) is 53.5. The third-order valence-electron chi connectivity index (χ3n) is 13.2. The SMILES string of the molecule is CCC(C)C1OC(=O)C(C)C(CC)NC(=O)C(C)NC(=O)C(C)(C)C(=O)C(C)NC(=O)C(Cc2ccc(OC)cc2)N(C)C(=O)C(C(C)C)N(C)C(=O)CNC(=O)C(CC(C)C)N(C)C(=O)CNC1=O. The van der Waals surface area contributed by atoms with E-state index in [-0.39, 0.29) is 25.2 Å². The zero-order valence-electron chi connectivity index (χ0n) is 44.1. The quantitative estimate of drug-likeness (QED) is 0.175. The van der Waals surface area contributed by atoms with Crippen molar-refractivity contribution in [2.45, 2.75) is 151 Å². The Morgan fingerprint density at radius 1 is 0.700 bits per heavy atom. The van der Waals surface area contributed by atoms with Crippen molar-refractivity contribution in [1.82, 2.24) is 41.3 Å². The largest absolute Gasteiger partial charge is 0.497 e. The fourth-order valence-corrected chi connectivity index (χ4v) is 8.06.